The number of pyridine rings is 1. The van der Waals surface area contributed by atoms with Gasteiger partial charge in [-0.25, -0.2) is 19.3 Å². The second kappa shape index (κ2) is 8.99. The number of benzene rings is 1. The number of nitrogens with one attached hydrogen (secondary N) is 2. The first-order valence-electron chi connectivity index (χ1n) is 12.0. The molecule has 1 saturated carbocycles. The molecule has 0 amide bonds. The Morgan fingerprint density at radius 2 is 2.11 bits per heavy atom. The Hall–Kier alpha value is -3.98. The van der Waals surface area contributed by atoms with Gasteiger partial charge in [-0.05, 0) is 61.6 Å². The van der Waals surface area contributed by atoms with Crippen LogP contribution in [-0.2, 0) is 19.5 Å². The van der Waals surface area contributed by atoms with Gasteiger partial charge in [0, 0.05) is 30.7 Å². The summed E-state index contributed by atoms with van der Waals surface area (Å²) in [6.07, 6.45) is 9.43. The van der Waals surface area contributed by atoms with E-state index in [4.69, 9.17) is 9.72 Å². The highest BCUT2D eigenvalue weighted by atomic mass is 16.5. The molecule has 0 unspecified atom stereocenters. The second-order valence-electron chi connectivity index (χ2n) is 8.98. The van der Waals surface area contributed by atoms with Crippen molar-refractivity contribution in [3.63, 3.8) is 0 Å². The van der Waals surface area contributed by atoms with Gasteiger partial charge in [-0.15, -0.1) is 6.58 Å². The zero-order valence-electron chi connectivity index (χ0n) is 19.4. The van der Waals surface area contributed by atoms with Gasteiger partial charge in [0.15, 0.2) is 5.65 Å². The molecule has 9 heteroatoms. The van der Waals surface area contributed by atoms with E-state index >= 15 is 0 Å². The summed E-state index contributed by atoms with van der Waals surface area (Å²) in [6.45, 7) is 6.02. The van der Waals surface area contributed by atoms with Crippen molar-refractivity contribution in [2.45, 2.75) is 44.9 Å². The number of hydrogen-bond donors (Lipinski definition) is 2. The normalized spacial score (nSPS) is 15.4. The van der Waals surface area contributed by atoms with Crippen molar-refractivity contribution in [1.82, 2.24) is 29.6 Å². The maximum absolute atomic E-state index is 13.2. The lowest BCUT2D eigenvalue weighted by atomic mass is 9.96. The molecule has 4 aromatic rings. The summed E-state index contributed by atoms with van der Waals surface area (Å²) >= 11 is 0. The predicted octanol–water partition coefficient (Wildman–Crippen LogP) is 3.48. The Morgan fingerprint density at radius 1 is 1.20 bits per heavy atom. The topological polar surface area (TPSA) is 98.9 Å². The summed E-state index contributed by atoms with van der Waals surface area (Å²) in [5, 5.41) is 7.14. The zero-order chi connectivity index (χ0) is 23.8. The lowest BCUT2D eigenvalue weighted by Gasteiger charge is -2.25. The van der Waals surface area contributed by atoms with E-state index in [9.17, 15) is 4.79 Å². The van der Waals surface area contributed by atoms with Gasteiger partial charge in [0.25, 0.3) is 5.56 Å². The Morgan fingerprint density at radius 3 is 2.94 bits per heavy atom. The van der Waals surface area contributed by atoms with Crippen molar-refractivity contribution in [2.24, 2.45) is 0 Å². The molecule has 1 aromatic carbocycles. The lowest BCUT2D eigenvalue weighted by molar-refractivity contribution is 0.114. The first-order chi connectivity index (χ1) is 17.2. The van der Waals surface area contributed by atoms with Crippen molar-refractivity contribution in [2.75, 3.05) is 11.9 Å². The largest absolute Gasteiger partial charge is 0.474 e. The molecule has 2 aliphatic rings. The van der Waals surface area contributed by atoms with Crippen LogP contribution in [-0.4, -0.2) is 37.0 Å². The molecule has 1 aliphatic heterocycles. The minimum absolute atomic E-state index is 0.175. The van der Waals surface area contributed by atoms with Gasteiger partial charge in [-0.1, -0.05) is 12.1 Å². The third-order valence-corrected chi connectivity index (χ3v) is 6.63. The molecule has 1 aliphatic carbocycles. The van der Waals surface area contributed by atoms with Gasteiger partial charge in [0.2, 0.25) is 11.8 Å². The summed E-state index contributed by atoms with van der Waals surface area (Å²) in [4.78, 5) is 26.8. The molecule has 0 saturated heterocycles. The lowest BCUT2D eigenvalue weighted by Crippen LogP contribution is -2.25. The molecular weight excluding hydrogens is 442 g/mol. The number of hydrogen-bond acceptors (Lipinski definition) is 7. The SMILES string of the molecule is C=CCn1c(=O)c2cnc(Nc3ccc4c(c3)CCNC4)nc2n1-c1ccnc(OC2CCC2)c1. The van der Waals surface area contributed by atoms with Crippen LogP contribution in [0.3, 0.4) is 0 Å². The molecule has 2 N–H and O–H groups in total. The molecule has 0 radical (unpaired) electrons. The third-order valence-electron chi connectivity index (χ3n) is 6.63. The molecule has 3 aromatic heterocycles. The first-order valence-corrected chi connectivity index (χ1v) is 12.0. The molecule has 4 heterocycles. The van der Waals surface area contributed by atoms with Gasteiger partial charge in [0.05, 0.1) is 12.2 Å². The summed E-state index contributed by atoms with van der Waals surface area (Å²) < 4.78 is 9.39. The number of nitrogens with zero attached hydrogens (tertiary/aromatic N) is 5. The highest BCUT2D eigenvalue weighted by molar-refractivity contribution is 5.77. The van der Waals surface area contributed by atoms with E-state index in [1.54, 1.807) is 27.8 Å². The highest BCUT2D eigenvalue weighted by Crippen LogP contribution is 2.26. The van der Waals surface area contributed by atoms with E-state index in [-0.39, 0.29) is 11.7 Å². The zero-order valence-corrected chi connectivity index (χ0v) is 19.4. The number of anilines is 2. The van der Waals surface area contributed by atoms with Crippen molar-refractivity contribution in [3.8, 4) is 11.6 Å². The maximum atomic E-state index is 13.2. The number of rotatable bonds is 7. The molecule has 1 fully saturated rings. The van der Waals surface area contributed by atoms with Crippen molar-refractivity contribution < 1.29 is 4.74 Å². The smallest absolute Gasteiger partial charge is 0.278 e. The molecule has 35 heavy (non-hydrogen) atoms. The van der Waals surface area contributed by atoms with E-state index in [0.717, 1.165) is 43.7 Å². The summed E-state index contributed by atoms with van der Waals surface area (Å²) in [6, 6.07) is 10.00. The van der Waals surface area contributed by atoms with E-state index in [2.05, 4.69) is 39.3 Å². The minimum atomic E-state index is -0.175. The van der Waals surface area contributed by atoms with Crippen LogP contribution in [0.25, 0.3) is 16.7 Å². The highest BCUT2D eigenvalue weighted by Gasteiger charge is 2.21. The van der Waals surface area contributed by atoms with Crippen LogP contribution in [0.4, 0.5) is 11.6 Å². The van der Waals surface area contributed by atoms with Gasteiger partial charge in [0.1, 0.15) is 11.5 Å². The second-order valence-corrected chi connectivity index (χ2v) is 8.98. The van der Waals surface area contributed by atoms with Crippen LogP contribution in [0, 0.1) is 0 Å². The molecule has 0 atom stereocenters. The minimum Gasteiger partial charge on any atom is -0.474 e. The Balaban J connectivity index is 1.40. The Labute approximate surface area is 202 Å². The number of fused-ring (bicyclic) bond motifs is 2. The molecule has 0 bridgehead atoms. The summed E-state index contributed by atoms with van der Waals surface area (Å²) in [5.74, 6) is 0.971. The van der Waals surface area contributed by atoms with Gasteiger partial charge in [-0.3, -0.25) is 4.79 Å². The fourth-order valence-corrected chi connectivity index (χ4v) is 4.58. The fraction of sp³-hybridized carbons (Fsp3) is 0.308. The summed E-state index contributed by atoms with van der Waals surface area (Å²) in [5.41, 5.74) is 4.63. The predicted molar refractivity (Wildman–Crippen MR) is 135 cm³/mol. The monoisotopic (exact) mass is 469 g/mol. The van der Waals surface area contributed by atoms with Gasteiger partial charge >= 0.3 is 0 Å². The van der Waals surface area contributed by atoms with Crippen LogP contribution in [0.15, 0.2) is 60.2 Å². The van der Waals surface area contributed by atoms with E-state index in [1.807, 2.05) is 18.2 Å². The van der Waals surface area contributed by atoms with E-state index in [0.29, 0.717) is 29.4 Å². The fourth-order valence-electron chi connectivity index (χ4n) is 4.58. The Bertz CT molecular complexity index is 1470. The van der Waals surface area contributed by atoms with E-state index < -0.39 is 0 Å². The van der Waals surface area contributed by atoms with Gasteiger partial charge in [-0.2, -0.15) is 4.98 Å². The number of ether oxygens (including phenoxy) is 1. The van der Waals surface area contributed by atoms with Crippen LogP contribution < -0.4 is 20.9 Å². The first kappa shape index (κ1) is 21.5. The number of aromatic nitrogens is 5. The third kappa shape index (κ3) is 4.08. The molecule has 178 valence electrons. The molecule has 6 rings (SSSR count). The van der Waals surface area contributed by atoms with Crippen molar-refractivity contribution >= 4 is 22.7 Å². The van der Waals surface area contributed by atoms with Crippen LogP contribution in [0.2, 0.25) is 0 Å². The Kier molecular flexibility index (Phi) is 5.54. The van der Waals surface area contributed by atoms with Crippen molar-refractivity contribution in [3.05, 3.63) is 76.9 Å². The standard InChI is InChI=1S/C26H27N7O2/c1-2-12-32-25(34)22-16-29-26(30-19-7-6-18-15-27-10-8-17(18)13-19)31-24(22)33(32)20-9-11-28-23(14-20)35-21-4-3-5-21/h2,6-7,9,11,13-14,16,21,27H,1,3-5,8,10,12,15H2,(H,29,30,31). The van der Waals surface area contributed by atoms with E-state index in [1.165, 1.54) is 17.5 Å². The molecule has 9 nitrogen and oxygen atoms in total. The summed E-state index contributed by atoms with van der Waals surface area (Å²) in [7, 11) is 0. The molecule has 0 spiro atoms. The average Bonchev–Trinajstić information content (AvgIpc) is 3.12. The molecular formula is C26H27N7O2. The van der Waals surface area contributed by atoms with Crippen LogP contribution in [0.1, 0.15) is 30.4 Å². The average molecular weight is 470 g/mol. The van der Waals surface area contributed by atoms with Crippen LogP contribution >= 0.6 is 0 Å². The van der Waals surface area contributed by atoms with Crippen LogP contribution in [0.5, 0.6) is 5.88 Å². The van der Waals surface area contributed by atoms with Gasteiger partial charge < -0.3 is 15.4 Å². The quantitative estimate of drug-likeness (QED) is 0.400. The van der Waals surface area contributed by atoms with Crippen molar-refractivity contribution in [1.29, 1.82) is 0 Å². The maximum Gasteiger partial charge on any atom is 0.278 e. The number of allylic oxidation sites excluding steroid dienone is 1.